The third-order valence-corrected chi connectivity index (χ3v) is 3.90. The molecule has 0 spiro atoms. The Morgan fingerprint density at radius 3 is 2.17 bits per heavy atom. The van der Waals surface area contributed by atoms with Crippen molar-refractivity contribution in [2.24, 2.45) is 0 Å². The Labute approximate surface area is 138 Å². The number of ether oxygens (including phenoxy) is 1. The lowest BCUT2D eigenvalue weighted by Gasteiger charge is -2.14. The van der Waals surface area contributed by atoms with E-state index in [4.69, 9.17) is 9.84 Å². The van der Waals surface area contributed by atoms with Crippen molar-refractivity contribution in [2.45, 2.75) is 71.3 Å². The van der Waals surface area contributed by atoms with Gasteiger partial charge < -0.3 is 9.84 Å². The average Bonchev–Trinajstić information content (AvgIpc) is 2.53. The van der Waals surface area contributed by atoms with E-state index in [0.717, 1.165) is 19.3 Å². The van der Waals surface area contributed by atoms with Crippen molar-refractivity contribution in [1.82, 2.24) is 0 Å². The van der Waals surface area contributed by atoms with Crippen LogP contribution in [0.2, 0.25) is 0 Å². The van der Waals surface area contributed by atoms with E-state index in [0.29, 0.717) is 0 Å². The first-order valence-corrected chi connectivity index (χ1v) is 8.59. The zero-order valence-electron chi connectivity index (χ0n) is 14.2. The third-order valence-electron chi connectivity index (χ3n) is 3.90. The third kappa shape index (κ3) is 7.31. The standard InChI is InChI=1S/C19H28O4/c1-3-4-5-6-7-8-9-12-15(2)23-19(22)17-14-11-10-13-16(17)18(20)21/h10-11,13-15H,3-9,12H2,1-2H3,(H,20,21)/t15-/m0/s1. The number of carbonyl (C=O) groups excluding carboxylic acids is 1. The van der Waals surface area contributed by atoms with E-state index in [1.807, 2.05) is 6.92 Å². The molecule has 0 aliphatic carbocycles. The fourth-order valence-corrected chi connectivity index (χ4v) is 2.54. The molecule has 0 aliphatic rings. The maximum atomic E-state index is 12.1. The van der Waals surface area contributed by atoms with Crippen LogP contribution in [0, 0.1) is 0 Å². The number of hydrogen-bond donors (Lipinski definition) is 1. The topological polar surface area (TPSA) is 63.6 Å². The molecule has 0 aliphatic heterocycles. The summed E-state index contributed by atoms with van der Waals surface area (Å²) in [4.78, 5) is 23.2. The molecule has 0 saturated carbocycles. The molecular formula is C19H28O4. The van der Waals surface area contributed by atoms with E-state index in [1.165, 1.54) is 44.2 Å². The second-order valence-corrected chi connectivity index (χ2v) is 5.98. The first-order valence-electron chi connectivity index (χ1n) is 8.59. The number of hydrogen-bond acceptors (Lipinski definition) is 3. The van der Waals surface area contributed by atoms with E-state index >= 15 is 0 Å². The molecule has 128 valence electrons. The van der Waals surface area contributed by atoms with E-state index < -0.39 is 11.9 Å². The highest BCUT2D eigenvalue weighted by atomic mass is 16.5. The molecule has 0 bridgehead atoms. The van der Waals surface area contributed by atoms with Gasteiger partial charge in [-0.25, -0.2) is 9.59 Å². The zero-order chi connectivity index (χ0) is 17.1. The van der Waals surface area contributed by atoms with Gasteiger partial charge in [0.15, 0.2) is 0 Å². The molecule has 4 nitrogen and oxygen atoms in total. The Balaban J connectivity index is 2.33. The number of carboxylic acids is 1. The van der Waals surface area contributed by atoms with Gasteiger partial charge in [-0.1, -0.05) is 57.6 Å². The highest BCUT2D eigenvalue weighted by molar-refractivity contribution is 6.02. The van der Waals surface area contributed by atoms with Gasteiger partial charge in [-0.15, -0.1) is 0 Å². The van der Waals surface area contributed by atoms with Gasteiger partial charge in [-0.2, -0.15) is 0 Å². The van der Waals surface area contributed by atoms with Crippen molar-refractivity contribution in [1.29, 1.82) is 0 Å². The summed E-state index contributed by atoms with van der Waals surface area (Å²) in [7, 11) is 0. The van der Waals surface area contributed by atoms with Crippen molar-refractivity contribution in [3.63, 3.8) is 0 Å². The molecule has 0 unspecified atom stereocenters. The van der Waals surface area contributed by atoms with Gasteiger partial charge in [0.2, 0.25) is 0 Å². The zero-order valence-corrected chi connectivity index (χ0v) is 14.2. The van der Waals surface area contributed by atoms with Gasteiger partial charge in [0.25, 0.3) is 0 Å². The van der Waals surface area contributed by atoms with Gasteiger partial charge in [-0.3, -0.25) is 0 Å². The largest absolute Gasteiger partial charge is 0.478 e. The Morgan fingerprint density at radius 1 is 1.00 bits per heavy atom. The van der Waals surface area contributed by atoms with Crippen LogP contribution in [-0.2, 0) is 4.74 Å². The van der Waals surface area contributed by atoms with Crippen LogP contribution in [0.1, 0.15) is 85.9 Å². The summed E-state index contributed by atoms with van der Waals surface area (Å²) in [6.45, 7) is 4.07. The molecule has 1 aromatic carbocycles. The maximum Gasteiger partial charge on any atom is 0.339 e. The smallest absolute Gasteiger partial charge is 0.339 e. The Hall–Kier alpha value is -1.84. The number of rotatable bonds is 11. The van der Waals surface area contributed by atoms with Crippen LogP contribution in [0.5, 0.6) is 0 Å². The molecule has 1 aromatic rings. The molecule has 0 amide bonds. The van der Waals surface area contributed by atoms with Gasteiger partial charge in [0.1, 0.15) is 0 Å². The van der Waals surface area contributed by atoms with Crippen molar-refractivity contribution in [3.05, 3.63) is 35.4 Å². The summed E-state index contributed by atoms with van der Waals surface area (Å²) in [6.07, 6.45) is 9.15. The summed E-state index contributed by atoms with van der Waals surface area (Å²) in [5, 5.41) is 9.10. The minimum absolute atomic E-state index is 0.0133. The van der Waals surface area contributed by atoms with Gasteiger partial charge >= 0.3 is 11.9 Å². The molecule has 0 saturated heterocycles. The molecule has 0 aromatic heterocycles. The number of carbonyl (C=O) groups is 2. The quantitative estimate of drug-likeness (QED) is 0.456. The lowest BCUT2D eigenvalue weighted by Crippen LogP contribution is -2.17. The summed E-state index contributed by atoms with van der Waals surface area (Å²) < 4.78 is 5.37. The molecule has 0 radical (unpaired) electrons. The van der Waals surface area contributed by atoms with Crippen LogP contribution in [0.4, 0.5) is 0 Å². The van der Waals surface area contributed by atoms with Crippen LogP contribution in [-0.4, -0.2) is 23.1 Å². The highest BCUT2D eigenvalue weighted by Crippen LogP contribution is 2.15. The fourth-order valence-electron chi connectivity index (χ4n) is 2.54. The average molecular weight is 320 g/mol. The van der Waals surface area contributed by atoms with Crippen molar-refractivity contribution < 1.29 is 19.4 Å². The van der Waals surface area contributed by atoms with Crippen LogP contribution in [0.15, 0.2) is 24.3 Å². The van der Waals surface area contributed by atoms with Crippen LogP contribution in [0.3, 0.4) is 0 Å². The number of unbranched alkanes of at least 4 members (excludes halogenated alkanes) is 6. The van der Waals surface area contributed by atoms with Gasteiger partial charge in [-0.05, 0) is 31.9 Å². The number of esters is 1. The van der Waals surface area contributed by atoms with E-state index in [-0.39, 0.29) is 17.2 Å². The van der Waals surface area contributed by atoms with Gasteiger partial charge in [0, 0.05) is 0 Å². The van der Waals surface area contributed by atoms with Crippen molar-refractivity contribution in [2.75, 3.05) is 0 Å². The fraction of sp³-hybridized carbons (Fsp3) is 0.579. The normalized spacial score (nSPS) is 11.9. The maximum absolute atomic E-state index is 12.1. The summed E-state index contributed by atoms with van der Waals surface area (Å²) in [5.74, 6) is -1.67. The lowest BCUT2D eigenvalue weighted by atomic mass is 10.1. The van der Waals surface area contributed by atoms with Crippen LogP contribution < -0.4 is 0 Å². The Kier molecular flexibility index (Phi) is 9.03. The second-order valence-electron chi connectivity index (χ2n) is 5.98. The first kappa shape index (κ1) is 19.2. The SMILES string of the molecule is CCCCCCCCC[C@H](C)OC(=O)c1ccccc1C(=O)O. The molecule has 1 atom stereocenters. The van der Waals surface area contributed by atoms with Crippen LogP contribution in [0.25, 0.3) is 0 Å². The minimum Gasteiger partial charge on any atom is -0.478 e. The first-order chi connectivity index (χ1) is 11.1. The lowest BCUT2D eigenvalue weighted by molar-refractivity contribution is 0.0313. The monoisotopic (exact) mass is 320 g/mol. The number of aromatic carboxylic acids is 1. The predicted octanol–water partition coefficient (Wildman–Crippen LogP) is 5.07. The van der Waals surface area contributed by atoms with Crippen molar-refractivity contribution >= 4 is 11.9 Å². The Morgan fingerprint density at radius 2 is 1.57 bits per heavy atom. The van der Waals surface area contributed by atoms with Crippen molar-refractivity contribution in [3.8, 4) is 0 Å². The molecule has 1 N–H and O–H groups in total. The predicted molar refractivity (Wildman–Crippen MR) is 90.9 cm³/mol. The van der Waals surface area contributed by atoms with E-state index in [1.54, 1.807) is 12.1 Å². The van der Waals surface area contributed by atoms with Crippen LogP contribution >= 0.6 is 0 Å². The highest BCUT2D eigenvalue weighted by Gasteiger charge is 2.18. The molecule has 0 fully saturated rings. The molecule has 0 heterocycles. The molecular weight excluding hydrogens is 292 g/mol. The summed E-state index contributed by atoms with van der Waals surface area (Å²) >= 11 is 0. The number of carboxylic acid groups (broad SMARTS) is 1. The van der Waals surface area contributed by atoms with E-state index in [2.05, 4.69) is 6.92 Å². The van der Waals surface area contributed by atoms with E-state index in [9.17, 15) is 9.59 Å². The molecule has 4 heteroatoms. The number of benzene rings is 1. The Bertz CT molecular complexity index is 496. The summed E-state index contributed by atoms with van der Waals surface area (Å²) in [5.41, 5.74) is 0.104. The molecule has 23 heavy (non-hydrogen) atoms. The minimum atomic E-state index is -1.11. The summed E-state index contributed by atoms with van der Waals surface area (Å²) in [6, 6.07) is 6.15. The molecule has 1 rings (SSSR count). The second kappa shape index (κ2) is 10.8. The van der Waals surface area contributed by atoms with Gasteiger partial charge in [0.05, 0.1) is 17.2 Å².